The molecule has 2 N–H and O–H groups in total. The van der Waals surface area contributed by atoms with Gasteiger partial charge in [0.15, 0.2) is 5.96 Å². The first kappa shape index (κ1) is 20.8. The van der Waals surface area contributed by atoms with Gasteiger partial charge in [-0.25, -0.2) is 0 Å². The number of nitrogens with one attached hydrogen (secondary N) is 2. The Labute approximate surface area is 172 Å². The Hall–Kier alpha value is -1.54. The zero-order valence-corrected chi connectivity index (χ0v) is 17.6. The zero-order valence-electron chi connectivity index (χ0n) is 15.2. The second-order valence-corrected chi connectivity index (χ2v) is 6.24. The molecule has 1 atom stereocenters. The zero-order chi connectivity index (χ0) is 17.3. The third kappa shape index (κ3) is 6.02. The molecule has 1 aliphatic rings. The van der Waals surface area contributed by atoms with Gasteiger partial charge in [-0.15, -0.1) is 24.0 Å². The molecule has 0 spiro atoms. The average molecular weight is 469 g/mol. The molecular weight excluding hydrogens is 441 g/mol. The Morgan fingerprint density at radius 3 is 2.92 bits per heavy atom. The SMILES string of the molecule is CN=C(NCCCOC1CCCc2ccccc21)NCc1ccco1.I. The second-order valence-electron chi connectivity index (χ2n) is 6.24. The molecule has 1 heterocycles. The highest BCUT2D eigenvalue weighted by Crippen LogP contribution is 2.32. The molecule has 26 heavy (non-hydrogen) atoms. The molecule has 0 aliphatic heterocycles. The van der Waals surface area contributed by atoms with Gasteiger partial charge in [0.1, 0.15) is 5.76 Å². The highest BCUT2D eigenvalue weighted by Gasteiger charge is 2.19. The smallest absolute Gasteiger partial charge is 0.191 e. The van der Waals surface area contributed by atoms with Gasteiger partial charge in [-0.3, -0.25) is 4.99 Å². The van der Waals surface area contributed by atoms with E-state index >= 15 is 0 Å². The van der Waals surface area contributed by atoms with Crippen LogP contribution < -0.4 is 10.6 Å². The van der Waals surface area contributed by atoms with E-state index < -0.39 is 0 Å². The molecule has 0 amide bonds. The monoisotopic (exact) mass is 469 g/mol. The fraction of sp³-hybridized carbons (Fsp3) is 0.450. The lowest BCUT2D eigenvalue weighted by Gasteiger charge is -2.25. The molecule has 2 aromatic rings. The van der Waals surface area contributed by atoms with E-state index in [2.05, 4.69) is 39.9 Å². The van der Waals surface area contributed by atoms with Gasteiger partial charge < -0.3 is 19.8 Å². The minimum absolute atomic E-state index is 0. The predicted molar refractivity (Wildman–Crippen MR) is 115 cm³/mol. The van der Waals surface area contributed by atoms with Crippen molar-refractivity contribution in [3.63, 3.8) is 0 Å². The van der Waals surface area contributed by atoms with Crippen LogP contribution in [0.2, 0.25) is 0 Å². The van der Waals surface area contributed by atoms with Gasteiger partial charge in [0.2, 0.25) is 0 Å². The van der Waals surface area contributed by atoms with Crippen molar-refractivity contribution in [2.24, 2.45) is 4.99 Å². The van der Waals surface area contributed by atoms with E-state index in [1.54, 1.807) is 13.3 Å². The molecule has 6 heteroatoms. The van der Waals surface area contributed by atoms with E-state index in [-0.39, 0.29) is 30.1 Å². The van der Waals surface area contributed by atoms with Crippen LogP contribution in [-0.2, 0) is 17.7 Å². The molecule has 5 nitrogen and oxygen atoms in total. The molecule has 0 bridgehead atoms. The van der Waals surface area contributed by atoms with E-state index in [4.69, 9.17) is 9.15 Å². The normalized spacial score (nSPS) is 16.5. The summed E-state index contributed by atoms with van der Waals surface area (Å²) in [4.78, 5) is 4.22. The summed E-state index contributed by atoms with van der Waals surface area (Å²) < 4.78 is 11.4. The number of hydrogen-bond acceptors (Lipinski definition) is 3. The molecule has 0 saturated heterocycles. The Bertz CT molecular complexity index is 673. The summed E-state index contributed by atoms with van der Waals surface area (Å²) in [6, 6.07) is 12.5. The first-order valence-electron chi connectivity index (χ1n) is 9.03. The van der Waals surface area contributed by atoms with Crippen LogP contribution in [0.3, 0.4) is 0 Å². The van der Waals surface area contributed by atoms with Crippen LogP contribution in [0, 0.1) is 0 Å². The van der Waals surface area contributed by atoms with E-state index in [0.29, 0.717) is 6.54 Å². The largest absolute Gasteiger partial charge is 0.467 e. The molecule has 1 unspecified atom stereocenters. The van der Waals surface area contributed by atoms with Crippen LogP contribution in [0.4, 0.5) is 0 Å². The number of fused-ring (bicyclic) bond motifs is 1. The number of aryl methyl sites for hydroxylation is 1. The first-order valence-corrected chi connectivity index (χ1v) is 9.03. The fourth-order valence-electron chi connectivity index (χ4n) is 3.19. The van der Waals surface area contributed by atoms with Gasteiger partial charge in [-0.1, -0.05) is 24.3 Å². The maximum absolute atomic E-state index is 6.13. The minimum atomic E-state index is 0. The number of rotatable bonds is 7. The van der Waals surface area contributed by atoms with Crippen molar-refractivity contribution in [1.29, 1.82) is 0 Å². The quantitative estimate of drug-likeness (QED) is 0.278. The number of hydrogen-bond donors (Lipinski definition) is 2. The van der Waals surface area contributed by atoms with E-state index in [9.17, 15) is 0 Å². The molecule has 0 saturated carbocycles. The summed E-state index contributed by atoms with van der Waals surface area (Å²) in [5, 5.41) is 6.54. The van der Waals surface area contributed by atoms with Crippen LogP contribution in [0.15, 0.2) is 52.1 Å². The Balaban J connectivity index is 0.00000243. The number of halogens is 1. The summed E-state index contributed by atoms with van der Waals surface area (Å²) >= 11 is 0. The second kappa shape index (κ2) is 11.2. The van der Waals surface area contributed by atoms with Crippen molar-refractivity contribution in [2.75, 3.05) is 20.2 Å². The van der Waals surface area contributed by atoms with Gasteiger partial charge >= 0.3 is 0 Å². The molecule has 0 radical (unpaired) electrons. The number of aliphatic imine (C=N–C) groups is 1. The highest BCUT2D eigenvalue weighted by atomic mass is 127. The Morgan fingerprint density at radius 1 is 1.23 bits per heavy atom. The van der Waals surface area contributed by atoms with Crippen LogP contribution in [0.25, 0.3) is 0 Å². The third-order valence-corrected chi connectivity index (χ3v) is 4.48. The average Bonchev–Trinajstić information content (AvgIpc) is 3.17. The molecule has 1 aliphatic carbocycles. The number of nitrogens with zero attached hydrogens (tertiary/aromatic N) is 1. The van der Waals surface area contributed by atoms with Crippen molar-refractivity contribution in [1.82, 2.24) is 10.6 Å². The van der Waals surface area contributed by atoms with Gasteiger partial charge in [-0.05, 0) is 48.9 Å². The van der Waals surface area contributed by atoms with Gasteiger partial charge in [-0.2, -0.15) is 0 Å². The van der Waals surface area contributed by atoms with Crippen molar-refractivity contribution in [2.45, 2.75) is 38.3 Å². The summed E-state index contributed by atoms with van der Waals surface area (Å²) in [6.45, 7) is 2.20. The summed E-state index contributed by atoms with van der Waals surface area (Å²) in [6.07, 6.45) is 6.38. The molecule has 3 rings (SSSR count). The topological polar surface area (TPSA) is 58.8 Å². The third-order valence-electron chi connectivity index (χ3n) is 4.48. The van der Waals surface area contributed by atoms with Gasteiger partial charge in [0.05, 0.1) is 18.9 Å². The number of benzene rings is 1. The van der Waals surface area contributed by atoms with Gasteiger partial charge in [0.25, 0.3) is 0 Å². The lowest BCUT2D eigenvalue weighted by Crippen LogP contribution is -2.37. The number of furan rings is 1. The Kier molecular flexibility index (Phi) is 8.97. The maximum atomic E-state index is 6.13. The van der Waals surface area contributed by atoms with E-state index in [1.807, 2.05) is 12.1 Å². The van der Waals surface area contributed by atoms with Gasteiger partial charge in [0, 0.05) is 20.2 Å². The highest BCUT2D eigenvalue weighted by molar-refractivity contribution is 14.0. The lowest BCUT2D eigenvalue weighted by molar-refractivity contribution is 0.0398. The predicted octanol–water partition coefficient (Wildman–Crippen LogP) is 4.05. The van der Waals surface area contributed by atoms with Crippen molar-refractivity contribution >= 4 is 29.9 Å². The molecule has 142 valence electrons. The molecule has 1 aromatic carbocycles. The first-order chi connectivity index (χ1) is 12.4. The van der Waals surface area contributed by atoms with Crippen LogP contribution in [-0.4, -0.2) is 26.2 Å². The van der Waals surface area contributed by atoms with Crippen LogP contribution >= 0.6 is 24.0 Å². The molecule has 1 aromatic heterocycles. The summed E-state index contributed by atoms with van der Waals surface area (Å²) in [5.41, 5.74) is 2.82. The van der Waals surface area contributed by atoms with E-state index in [1.165, 1.54) is 24.0 Å². The maximum Gasteiger partial charge on any atom is 0.191 e. The summed E-state index contributed by atoms with van der Waals surface area (Å²) in [7, 11) is 1.77. The van der Waals surface area contributed by atoms with Crippen molar-refractivity contribution < 1.29 is 9.15 Å². The van der Waals surface area contributed by atoms with Crippen LogP contribution in [0.1, 0.15) is 42.3 Å². The number of ether oxygens (including phenoxy) is 1. The fourth-order valence-corrected chi connectivity index (χ4v) is 3.19. The lowest BCUT2D eigenvalue weighted by atomic mass is 9.89. The Morgan fingerprint density at radius 2 is 2.12 bits per heavy atom. The minimum Gasteiger partial charge on any atom is -0.467 e. The summed E-state index contributed by atoms with van der Waals surface area (Å²) in [5.74, 6) is 1.67. The molecular formula is C20H28IN3O2. The van der Waals surface area contributed by atoms with Crippen LogP contribution in [0.5, 0.6) is 0 Å². The van der Waals surface area contributed by atoms with E-state index in [0.717, 1.165) is 37.7 Å². The van der Waals surface area contributed by atoms with Crippen molar-refractivity contribution in [3.8, 4) is 0 Å². The van der Waals surface area contributed by atoms with Crippen molar-refractivity contribution in [3.05, 3.63) is 59.5 Å². The standard InChI is InChI=1S/C20H27N3O2.HI/c1-21-20(23-15-17-9-5-13-24-17)22-12-6-14-25-19-11-4-8-16-7-2-3-10-18(16)19;/h2-3,5,7,9-10,13,19H,4,6,8,11-12,14-15H2,1H3,(H2,21,22,23);1H. The number of guanidine groups is 1. The molecule has 0 fully saturated rings.